The van der Waals surface area contributed by atoms with Crippen LogP contribution in [0.2, 0.25) is 0 Å². The van der Waals surface area contributed by atoms with Crippen molar-refractivity contribution >= 4 is 17.2 Å². The van der Waals surface area contributed by atoms with E-state index in [2.05, 4.69) is 11.0 Å². The van der Waals surface area contributed by atoms with Gasteiger partial charge in [-0.3, -0.25) is 0 Å². The van der Waals surface area contributed by atoms with E-state index in [1.54, 1.807) is 0 Å². The van der Waals surface area contributed by atoms with E-state index >= 15 is 0 Å². The fourth-order valence-electron chi connectivity index (χ4n) is 1.50. The summed E-state index contributed by atoms with van der Waals surface area (Å²) in [5, 5.41) is 8.47. The molecule has 0 unspecified atom stereocenters. The standard InChI is InChI=1S/C9H14N2S/c10-6-5-9(12)11-7-3-1-2-4-8-11/h1-5,7-8H2. The highest BCUT2D eigenvalue weighted by atomic mass is 32.1. The molecule has 1 aliphatic heterocycles. The van der Waals surface area contributed by atoms with Gasteiger partial charge in [-0.15, -0.1) is 0 Å². The zero-order chi connectivity index (χ0) is 8.81. The van der Waals surface area contributed by atoms with Crippen LogP contribution < -0.4 is 0 Å². The Balaban J connectivity index is 2.38. The Morgan fingerprint density at radius 1 is 1.25 bits per heavy atom. The van der Waals surface area contributed by atoms with E-state index in [4.69, 9.17) is 17.5 Å². The number of hydrogen-bond acceptors (Lipinski definition) is 2. The maximum atomic E-state index is 8.47. The van der Waals surface area contributed by atoms with Crippen molar-refractivity contribution in [3.05, 3.63) is 0 Å². The second-order valence-electron chi connectivity index (χ2n) is 3.13. The molecule has 2 nitrogen and oxygen atoms in total. The molecule has 0 atom stereocenters. The maximum Gasteiger partial charge on any atom is 0.0921 e. The van der Waals surface area contributed by atoms with Crippen molar-refractivity contribution < 1.29 is 0 Å². The van der Waals surface area contributed by atoms with E-state index < -0.39 is 0 Å². The smallest absolute Gasteiger partial charge is 0.0921 e. The summed E-state index contributed by atoms with van der Waals surface area (Å²) in [5.74, 6) is 0. The zero-order valence-corrected chi connectivity index (χ0v) is 8.07. The van der Waals surface area contributed by atoms with Gasteiger partial charge in [-0.25, -0.2) is 0 Å². The first-order valence-electron chi connectivity index (χ1n) is 4.49. The van der Waals surface area contributed by atoms with Crippen LogP contribution in [0.25, 0.3) is 0 Å². The van der Waals surface area contributed by atoms with E-state index in [0.29, 0.717) is 6.42 Å². The van der Waals surface area contributed by atoms with Gasteiger partial charge in [-0.2, -0.15) is 5.26 Å². The number of nitriles is 1. The lowest BCUT2D eigenvalue weighted by Crippen LogP contribution is -2.29. The van der Waals surface area contributed by atoms with E-state index in [9.17, 15) is 0 Å². The summed E-state index contributed by atoms with van der Waals surface area (Å²) in [7, 11) is 0. The van der Waals surface area contributed by atoms with Gasteiger partial charge in [0.15, 0.2) is 0 Å². The molecule has 1 fully saturated rings. The van der Waals surface area contributed by atoms with Crippen molar-refractivity contribution in [2.75, 3.05) is 13.1 Å². The van der Waals surface area contributed by atoms with Crippen LogP contribution in [0.1, 0.15) is 32.1 Å². The van der Waals surface area contributed by atoms with Crippen LogP contribution >= 0.6 is 12.2 Å². The number of likely N-dealkylation sites (tertiary alicyclic amines) is 1. The molecule has 1 heterocycles. The molecule has 0 aliphatic carbocycles. The summed E-state index contributed by atoms with van der Waals surface area (Å²) in [5.41, 5.74) is 0. The highest BCUT2D eigenvalue weighted by Gasteiger charge is 2.10. The first-order valence-corrected chi connectivity index (χ1v) is 4.90. The molecule has 0 spiro atoms. The molecule has 0 aromatic heterocycles. The van der Waals surface area contributed by atoms with Crippen LogP contribution in [0.5, 0.6) is 0 Å². The highest BCUT2D eigenvalue weighted by Crippen LogP contribution is 2.11. The predicted molar refractivity (Wildman–Crippen MR) is 52.9 cm³/mol. The SMILES string of the molecule is N#CCC(=S)N1CCCCCC1. The lowest BCUT2D eigenvalue weighted by Gasteiger charge is -2.21. The lowest BCUT2D eigenvalue weighted by atomic mass is 10.2. The summed E-state index contributed by atoms with van der Waals surface area (Å²) in [4.78, 5) is 3.02. The van der Waals surface area contributed by atoms with Gasteiger partial charge in [0.25, 0.3) is 0 Å². The molecule has 1 saturated heterocycles. The average molecular weight is 182 g/mol. The van der Waals surface area contributed by atoms with Crippen LogP contribution in [-0.4, -0.2) is 23.0 Å². The molecule has 0 saturated carbocycles. The fraction of sp³-hybridized carbons (Fsp3) is 0.778. The summed E-state index contributed by atoms with van der Waals surface area (Å²) in [6.45, 7) is 2.11. The summed E-state index contributed by atoms with van der Waals surface area (Å²) < 4.78 is 0. The molecule has 66 valence electrons. The number of nitrogens with zero attached hydrogens (tertiary/aromatic N) is 2. The van der Waals surface area contributed by atoms with Crippen molar-refractivity contribution in [1.82, 2.24) is 4.90 Å². The van der Waals surface area contributed by atoms with Crippen molar-refractivity contribution in [3.63, 3.8) is 0 Å². The van der Waals surface area contributed by atoms with Crippen LogP contribution in [0.15, 0.2) is 0 Å². The molecule has 0 amide bonds. The quantitative estimate of drug-likeness (QED) is 0.581. The van der Waals surface area contributed by atoms with Gasteiger partial charge < -0.3 is 4.90 Å². The third kappa shape index (κ3) is 2.78. The van der Waals surface area contributed by atoms with Crippen molar-refractivity contribution in [3.8, 4) is 6.07 Å². The minimum Gasteiger partial charge on any atom is -0.365 e. The normalized spacial score (nSPS) is 18.1. The third-order valence-electron chi connectivity index (χ3n) is 2.19. The zero-order valence-electron chi connectivity index (χ0n) is 7.25. The molecule has 3 heteroatoms. The number of rotatable bonds is 1. The van der Waals surface area contributed by atoms with Crippen molar-refractivity contribution in [2.24, 2.45) is 0 Å². The van der Waals surface area contributed by atoms with Crippen LogP contribution in [0.4, 0.5) is 0 Å². The van der Waals surface area contributed by atoms with Gasteiger partial charge in [0, 0.05) is 13.1 Å². The monoisotopic (exact) mass is 182 g/mol. The second-order valence-corrected chi connectivity index (χ2v) is 3.60. The second kappa shape index (κ2) is 5.10. The van der Waals surface area contributed by atoms with Crippen molar-refractivity contribution in [1.29, 1.82) is 5.26 Å². The van der Waals surface area contributed by atoms with Crippen LogP contribution in [0.3, 0.4) is 0 Å². The number of thiocarbonyl (C=S) groups is 1. The lowest BCUT2D eigenvalue weighted by molar-refractivity contribution is 0.437. The Kier molecular flexibility index (Phi) is 4.02. The van der Waals surface area contributed by atoms with Gasteiger partial charge in [0.05, 0.1) is 17.5 Å². The maximum absolute atomic E-state index is 8.47. The Morgan fingerprint density at radius 2 is 1.83 bits per heavy atom. The van der Waals surface area contributed by atoms with Gasteiger partial charge in [0.2, 0.25) is 0 Å². The van der Waals surface area contributed by atoms with Gasteiger partial charge in [0.1, 0.15) is 0 Å². The van der Waals surface area contributed by atoms with E-state index in [1.165, 1.54) is 25.7 Å². The first kappa shape index (κ1) is 9.47. The van der Waals surface area contributed by atoms with Crippen LogP contribution in [-0.2, 0) is 0 Å². The fourth-order valence-corrected chi connectivity index (χ4v) is 1.75. The van der Waals surface area contributed by atoms with E-state index in [1.807, 2.05) is 0 Å². The molecule has 0 bridgehead atoms. The first-order chi connectivity index (χ1) is 5.84. The molecular formula is C9H14N2S. The molecule has 0 aromatic rings. The Bertz CT molecular complexity index is 187. The predicted octanol–water partition coefficient (Wildman–Crippen LogP) is 2.10. The minimum absolute atomic E-state index is 0.412. The number of hydrogen-bond donors (Lipinski definition) is 0. The molecule has 1 aliphatic rings. The molecule has 0 aromatic carbocycles. The molecule has 12 heavy (non-hydrogen) atoms. The minimum atomic E-state index is 0.412. The summed E-state index contributed by atoms with van der Waals surface area (Å²) in [6.07, 6.45) is 5.49. The topological polar surface area (TPSA) is 27.0 Å². The largest absolute Gasteiger partial charge is 0.365 e. The molecular weight excluding hydrogens is 168 g/mol. The molecule has 0 radical (unpaired) electrons. The van der Waals surface area contributed by atoms with Gasteiger partial charge >= 0.3 is 0 Å². The van der Waals surface area contributed by atoms with Crippen molar-refractivity contribution in [2.45, 2.75) is 32.1 Å². The van der Waals surface area contributed by atoms with Gasteiger partial charge in [-0.1, -0.05) is 25.1 Å². The molecule has 1 rings (SSSR count). The molecule has 0 N–H and O–H groups in total. The Labute approximate surface area is 79.2 Å². The Morgan fingerprint density at radius 3 is 2.33 bits per heavy atom. The van der Waals surface area contributed by atoms with Crippen LogP contribution in [0, 0.1) is 11.3 Å². The van der Waals surface area contributed by atoms with E-state index in [-0.39, 0.29) is 0 Å². The summed E-state index contributed by atoms with van der Waals surface area (Å²) >= 11 is 5.14. The Hall–Kier alpha value is -0.620. The van der Waals surface area contributed by atoms with E-state index in [0.717, 1.165) is 18.1 Å². The summed E-state index contributed by atoms with van der Waals surface area (Å²) in [6, 6.07) is 2.10. The van der Waals surface area contributed by atoms with Gasteiger partial charge in [-0.05, 0) is 12.8 Å². The highest BCUT2D eigenvalue weighted by molar-refractivity contribution is 7.80. The average Bonchev–Trinajstić information content (AvgIpc) is 2.32. The third-order valence-corrected chi connectivity index (χ3v) is 2.59.